The molecule has 40 heavy (non-hydrogen) atoms. The summed E-state index contributed by atoms with van der Waals surface area (Å²) in [5, 5.41) is 14.1. The zero-order valence-corrected chi connectivity index (χ0v) is 23.0. The van der Waals surface area contributed by atoms with Gasteiger partial charge in [-0.15, -0.1) is 0 Å². The van der Waals surface area contributed by atoms with Crippen molar-refractivity contribution in [2.45, 2.75) is 6.54 Å². The minimum atomic E-state index is -3.50. The van der Waals surface area contributed by atoms with E-state index in [0.717, 1.165) is 16.8 Å². The van der Waals surface area contributed by atoms with Gasteiger partial charge in [-0.05, 0) is 23.8 Å². The van der Waals surface area contributed by atoms with Gasteiger partial charge in [0.15, 0.2) is 11.5 Å². The number of hydrogen-bond acceptors (Lipinski definition) is 13. The Morgan fingerprint density at radius 3 is 2.45 bits per heavy atom. The third-order valence-electron chi connectivity index (χ3n) is 5.83. The van der Waals surface area contributed by atoms with Crippen LogP contribution < -0.4 is 30.1 Å². The van der Waals surface area contributed by atoms with Crippen LogP contribution in [0.15, 0.2) is 36.7 Å². The second-order valence-electron chi connectivity index (χ2n) is 8.64. The number of nitrogens with one attached hydrogen (secondary N) is 3. The maximum Gasteiger partial charge on any atom is 0.232 e. The van der Waals surface area contributed by atoms with E-state index in [0.29, 0.717) is 68.1 Å². The maximum atomic E-state index is 12.1. The summed E-state index contributed by atoms with van der Waals surface area (Å²) in [5.41, 5.74) is 8.11. The van der Waals surface area contributed by atoms with Gasteiger partial charge in [-0.25, -0.2) is 8.42 Å². The van der Waals surface area contributed by atoms with E-state index < -0.39 is 10.0 Å². The molecule has 1 aliphatic heterocycles. The minimum absolute atomic E-state index is 0.0845. The molecule has 0 aliphatic carbocycles. The topological polar surface area (TPSA) is 187 Å². The summed E-state index contributed by atoms with van der Waals surface area (Å²) in [6.45, 7) is 2.69. The number of rotatable bonds is 8. The lowest BCUT2D eigenvalue weighted by Gasteiger charge is -2.20. The number of pyridine rings is 1. The largest absolute Gasteiger partial charge is 0.487 e. The van der Waals surface area contributed by atoms with E-state index in [9.17, 15) is 8.42 Å². The lowest BCUT2D eigenvalue weighted by Crippen LogP contribution is -2.26. The van der Waals surface area contributed by atoms with Gasteiger partial charge >= 0.3 is 0 Å². The molecule has 4 rings (SSSR count). The Labute approximate surface area is 232 Å². The molecule has 3 aromatic rings. The number of anilines is 5. The summed E-state index contributed by atoms with van der Waals surface area (Å²) in [4.78, 5) is 12.8. The molecule has 0 amide bonds. The normalized spacial score (nSPS) is 14.3. The van der Waals surface area contributed by atoms with Crippen molar-refractivity contribution in [3.63, 3.8) is 0 Å². The highest BCUT2D eigenvalue weighted by Gasteiger charge is 2.18. The summed E-state index contributed by atoms with van der Waals surface area (Å²) < 4.78 is 47.9. The maximum absolute atomic E-state index is 12.1. The Balaban J connectivity index is 1.55. The van der Waals surface area contributed by atoms with Gasteiger partial charge in [-0.2, -0.15) is 9.97 Å². The van der Waals surface area contributed by atoms with Crippen LogP contribution in [0, 0.1) is 5.41 Å². The molecule has 3 heterocycles. The van der Waals surface area contributed by atoms with Crippen molar-refractivity contribution in [1.29, 1.82) is 5.41 Å². The molecule has 0 unspecified atom stereocenters. The molecule has 0 saturated heterocycles. The number of sulfonamides is 1. The van der Waals surface area contributed by atoms with E-state index in [-0.39, 0.29) is 29.7 Å². The first kappa shape index (κ1) is 28.8. The van der Waals surface area contributed by atoms with Crippen LogP contribution in [0.4, 0.5) is 29.0 Å². The number of benzene rings is 1. The second-order valence-corrected chi connectivity index (χ2v) is 10.6. The summed E-state index contributed by atoms with van der Waals surface area (Å²) in [7, 11) is -2.05. The second kappa shape index (κ2) is 13.2. The van der Waals surface area contributed by atoms with Crippen molar-refractivity contribution in [3.8, 4) is 11.5 Å². The Kier molecular flexibility index (Phi) is 9.52. The number of nitrogens with zero attached hydrogens (tertiary/aromatic N) is 4. The number of nitrogens with two attached hydrogens (primary N) is 1. The van der Waals surface area contributed by atoms with Gasteiger partial charge in [0.25, 0.3) is 0 Å². The number of fused-ring (bicyclic) bond motifs is 1. The van der Waals surface area contributed by atoms with Crippen LogP contribution in [0.2, 0.25) is 0 Å². The molecule has 2 aromatic heterocycles. The van der Waals surface area contributed by atoms with Gasteiger partial charge in [0.05, 0.1) is 50.1 Å². The molecular formula is C25H32N8O6S. The zero-order valence-electron chi connectivity index (χ0n) is 22.2. The van der Waals surface area contributed by atoms with Crippen molar-refractivity contribution < 1.29 is 27.4 Å². The fourth-order valence-corrected chi connectivity index (χ4v) is 4.24. The first-order valence-electron chi connectivity index (χ1n) is 12.4. The van der Waals surface area contributed by atoms with Crippen LogP contribution in [0.5, 0.6) is 11.5 Å². The first-order chi connectivity index (χ1) is 19.3. The highest BCUT2D eigenvalue weighted by molar-refractivity contribution is 7.92. The van der Waals surface area contributed by atoms with E-state index in [1.54, 1.807) is 30.5 Å². The molecule has 0 radical (unpaired) electrons. The number of aromatic nitrogens is 3. The van der Waals surface area contributed by atoms with Gasteiger partial charge in [0.1, 0.15) is 24.8 Å². The van der Waals surface area contributed by atoms with E-state index in [2.05, 4.69) is 25.6 Å². The number of ether oxygens (including phenoxy) is 4. The summed E-state index contributed by atoms with van der Waals surface area (Å²) in [6.07, 6.45) is 5.20. The fraction of sp³-hybridized carbons (Fsp3) is 0.360. The Morgan fingerprint density at radius 2 is 1.75 bits per heavy atom. The molecule has 0 fully saturated rings. The Morgan fingerprint density at radius 1 is 1.05 bits per heavy atom. The molecule has 5 N–H and O–H groups in total. The van der Waals surface area contributed by atoms with Gasteiger partial charge in [0.2, 0.25) is 16.0 Å². The monoisotopic (exact) mass is 572 g/mol. The van der Waals surface area contributed by atoms with Crippen LogP contribution in [0.1, 0.15) is 11.1 Å². The molecule has 15 heteroatoms. The van der Waals surface area contributed by atoms with Crippen molar-refractivity contribution >= 4 is 45.2 Å². The van der Waals surface area contributed by atoms with Crippen LogP contribution in [0.3, 0.4) is 0 Å². The lowest BCUT2D eigenvalue weighted by molar-refractivity contribution is 0.0223. The average molecular weight is 573 g/mol. The van der Waals surface area contributed by atoms with Crippen LogP contribution in [-0.2, 0) is 26.0 Å². The summed E-state index contributed by atoms with van der Waals surface area (Å²) in [6, 6.07) is 7.00. The predicted molar refractivity (Wildman–Crippen MR) is 151 cm³/mol. The minimum Gasteiger partial charge on any atom is -0.487 e. The van der Waals surface area contributed by atoms with Crippen molar-refractivity contribution in [2.75, 3.05) is 73.6 Å². The standard InChI is InChI=1S/C25H32N8O6S/c1-33(40(2,34)35)20-16-28-6-5-17(20)15-29-24-19(14-26)23(27)31-25(32-24)30-18-3-4-21-22(13-18)39-12-10-37-8-7-36-9-11-38-21/h3-6,13-14,16,26H,7-12,15H2,1-2H3,(H4,27,29,30,31,32). The molecule has 1 aliphatic rings. The van der Waals surface area contributed by atoms with Crippen molar-refractivity contribution in [3.05, 3.63) is 47.8 Å². The Hall–Kier alpha value is -4.21. The molecule has 0 saturated carbocycles. The van der Waals surface area contributed by atoms with Crippen molar-refractivity contribution in [1.82, 2.24) is 15.0 Å². The lowest BCUT2D eigenvalue weighted by atomic mass is 10.2. The summed E-state index contributed by atoms with van der Waals surface area (Å²) >= 11 is 0. The quantitative estimate of drug-likeness (QED) is 0.288. The predicted octanol–water partition coefficient (Wildman–Crippen LogP) is 2.01. The molecule has 0 spiro atoms. The molecular weight excluding hydrogens is 540 g/mol. The van der Waals surface area contributed by atoms with Crippen LogP contribution in [0.25, 0.3) is 0 Å². The molecule has 1 aromatic carbocycles. The van der Waals surface area contributed by atoms with Crippen LogP contribution in [-0.4, -0.2) is 82.5 Å². The van der Waals surface area contributed by atoms with Gasteiger partial charge < -0.3 is 40.7 Å². The third kappa shape index (κ3) is 7.46. The van der Waals surface area contributed by atoms with Gasteiger partial charge in [0, 0.05) is 37.8 Å². The SMILES string of the molecule is CN(c1cnccc1CNc1nc(Nc2ccc3c(c2)OCCOCCOCCO3)nc(N)c1C=N)S(C)(=O)=O. The Bertz CT molecular complexity index is 1440. The van der Waals surface area contributed by atoms with Crippen LogP contribution >= 0.6 is 0 Å². The number of nitrogen functional groups attached to an aromatic ring is 1. The zero-order chi connectivity index (χ0) is 28.5. The van der Waals surface area contributed by atoms with E-state index in [1.165, 1.54) is 13.2 Å². The highest BCUT2D eigenvalue weighted by Crippen LogP contribution is 2.32. The molecule has 214 valence electrons. The smallest absolute Gasteiger partial charge is 0.232 e. The molecule has 0 bridgehead atoms. The van der Waals surface area contributed by atoms with Crippen molar-refractivity contribution in [2.24, 2.45) is 0 Å². The average Bonchev–Trinajstić information content (AvgIpc) is 2.92. The summed E-state index contributed by atoms with van der Waals surface area (Å²) in [5.74, 6) is 1.62. The number of hydrogen-bond donors (Lipinski definition) is 4. The molecule has 0 atom stereocenters. The molecule has 14 nitrogen and oxygen atoms in total. The van der Waals surface area contributed by atoms with E-state index in [4.69, 9.17) is 30.1 Å². The van der Waals surface area contributed by atoms with E-state index >= 15 is 0 Å². The first-order valence-corrected chi connectivity index (χ1v) is 14.2. The van der Waals surface area contributed by atoms with E-state index in [1.807, 2.05) is 0 Å². The highest BCUT2D eigenvalue weighted by atomic mass is 32.2. The fourth-order valence-electron chi connectivity index (χ4n) is 3.72. The van der Waals surface area contributed by atoms with Gasteiger partial charge in [-0.3, -0.25) is 9.29 Å². The van der Waals surface area contributed by atoms with Gasteiger partial charge in [-0.1, -0.05) is 0 Å². The third-order valence-corrected chi connectivity index (χ3v) is 7.02.